The normalized spacial score (nSPS) is 10.8. The van der Waals surface area contributed by atoms with E-state index < -0.39 is 22.3 Å². The van der Waals surface area contributed by atoms with E-state index in [0.717, 1.165) is 0 Å². The molecule has 194 valence electrons. The van der Waals surface area contributed by atoms with Gasteiger partial charge in [-0.15, -0.1) is 0 Å². The van der Waals surface area contributed by atoms with E-state index in [2.05, 4.69) is 0 Å². The molecule has 0 aliphatic rings. The van der Waals surface area contributed by atoms with Crippen LogP contribution in [0.4, 0.5) is 15.3 Å². The molecule has 0 heterocycles. The summed E-state index contributed by atoms with van der Waals surface area (Å²) in [5.41, 5.74) is -0.0383. The molecule has 0 saturated carbocycles. The molecule has 0 aromatic heterocycles. The van der Waals surface area contributed by atoms with Gasteiger partial charge in [0.25, 0.3) is 10.0 Å². The Kier molecular flexibility index (Phi) is 8.24. The van der Waals surface area contributed by atoms with Crippen LogP contribution in [-0.4, -0.2) is 27.3 Å². The summed E-state index contributed by atoms with van der Waals surface area (Å²) in [5.74, 6) is 1.01. The van der Waals surface area contributed by atoms with Crippen molar-refractivity contribution >= 4 is 28.0 Å². The maximum absolute atomic E-state index is 13.6. The summed E-state index contributed by atoms with van der Waals surface area (Å²) in [6.07, 6.45) is -2.13. The lowest BCUT2D eigenvalue weighted by Gasteiger charge is -2.22. The molecule has 10 heteroatoms. The second kappa shape index (κ2) is 11.9. The van der Waals surface area contributed by atoms with E-state index in [1.165, 1.54) is 60.7 Å². The molecule has 0 fully saturated rings. The Labute approximate surface area is 219 Å². The van der Waals surface area contributed by atoms with E-state index in [4.69, 9.17) is 18.9 Å². The van der Waals surface area contributed by atoms with E-state index >= 15 is 0 Å². The second-order valence-corrected chi connectivity index (χ2v) is 9.40. The predicted octanol–water partition coefficient (Wildman–Crippen LogP) is 6.06. The van der Waals surface area contributed by atoms with Crippen molar-refractivity contribution in [2.45, 2.75) is 11.8 Å². The monoisotopic (exact) mass is 533 g/mol. The van der Waals surface area contributed by atoms with Gasteiger partial charge in [0, 0.05) is 0 Å². The largest absolute Gasteiger partial charge is 0.519 e. The topological polar surface area (TPSA) is 108 Å². The van der Waals surface area contributed by atoms with Crippen LogP contribution >= 0.6 is 0 Å². The fraction of sp³-hybridized carbons (Fsp3) is 0.0714. The van der Waals surface area contributed by atoms with Crippen molar-refractivity contribution in [1.82, 2.24) is 0 Å². The van der Waals surface area contributed by atoms with Gasteiger partial charge in [-0.3, -0.25) is 0 Å². The molecule has 0 N–H and O–H groups in total. The van der Waals surface area contributed by atoms with Crippen molar-refractivity contribution in [3.05, 3.63) is 109 Å². The zero-order valence-electron chi connectivity index (χ0n) is 20.2. The van der Waals surface area contributed by atoms with Crippen LogP contribution in [0, 0.1) is 0 Å². The molecule has 0 radical (unpaired) electrons. The van der Waals surface area contributed by atoms with E-state index in [-0.39, 0.29) is 22.1 Å². The average Bonchev–Trinajstić information content (AvgIpc) is 2.91. The van der Waals surface area contributed by atoms with Crippen LogP contribution in [0.15, 0.2) is 114 Å². The summed E-state index contributed by atoms with van der Waals surface area (Å²) < 4.78 is 48.6. The Hall–Kier alpha value is -4.83. The number of ether oxygens (including phenoxy) is 4. The first-order valence-corrected chi connectivity index (χ1v) is 12.9. The molecule has 9 nitrogen and oxygen atoms in total. The molecule has 4 aromatic rings. The summed E-state index contributed by atoms with van der Waals surface area (Å²) in [6.45, 7) is 2.22. The Morgan fingerprint density at radius 2 is 1.11 bits per heavy atom. The molecule has 4 rings (SSSR count). The zero-order chi connectivity index (χ0) is 27.0. The highest BCUT2D eigenvalue weighted by atomic mass is 32.2. The summed E-state index contributed by atoms with van der Waals surface area (Å²) >= 11 is 0. The lowest BCUT2D eigenvalue weighted by atomic mass is 10.3. The van der Waals surface area contributed by atoms with Gasteiger partial charge in [0.15, 0.2) is 0 Å². The van der Waals surface area contributed by atoms with Crippen LogP contribution in [0.3, 0.4) is 0 Å². The van der Waals surface area contributed by atoms with Crippen molar-refractivity contribution in [1.29, 1.82) is 0 Å². The van der Waals surface area contributed by atoms with Gasteiger partial charge < -0.3 is 18.9 Å². The quantitative estimate of drug-likeness (QED) is 0.199. The molecule has 0 unspecified atom stereocenters. The van der Waals surface area contributed by atoms with Gasteiger partial charge in [0.1, 0.15) is 23.0 Å². The highest BCUT2D eigenvalue weighted by Crippen LogP contribution is 2.29. The van der Waals surface area contributed by atoms with E-state index in [0.29, 0.717) is 22.4 Å². The summed E-state index contributed by atoms with van der Waals surface area (Å²) in [5, 5.41) is 0. The second-order valence-electron chi connectivity index (χ2n) is 7.62. The highest BCUT2D eigenvalue weighted by Gasteiger charge is 2.33. The van der Waals surface area contributed by atoms with Crippen molar-refractivity contribution < 1.29 is 37.0 Å². The van der Waals surface area contributed by atoms with Gasteiger partial charge in [-0.1, -0.05) is 36.4 Å². The number of anilines is 1. The fourth-order valence-corrected chi connectivity index (χ4v) is 4.63. The van der Waals surface area contributed by atoms with Gasteiger partial charge in [0.05, 0.1) is 17.2 Å². The number of para-hydroxylation sites is 2. The van der Waals surface area contributed by atoms with Crippen molar-refractivity contribution in [2.75, 3.05) is 10.9 Å². The molecule has 0 aliphatic carbocycles. The highest BCUT2D eigenvalue weighted by molar-refractivity contribution is 7.93. The van der Waals surface area contributed by atoms with Crippen LogP contribution in [0.5, 0.6) is 23.0 Å². The van der Waals surface area contributed by atoms with Gasteiger partial charge in [-0.2, -0.15) is 4.31 Å². The molecule has 0 saturated heterocycles. The van der Waals surface area contributed by atoms with Crippen molar-refractivity contribution in [2.24, 2.45) is 0 Å². The molecule has 0 bridgehead atoms. The van der Waals surface area contributed by atoms with Gasteiger partial charge >= 0.3 is 12.2 Å². The standard InChI is InChI=1S/C28H23NO8S/c1-2-34-22-17-19-26(20-18-22)38(32,33)29(27(30)35-23-9-5-3-6-10-23)21-13-15-25(16-14-21)37-28(31)36-24-11-7-4-8-12-24/h3-20H,2H2,1H3. The number of amides is 1. The van der Waals surface area contributed by atoms with E-state index in [9.17, 15) is 18.0 Å². The van der Waals surface area contributed by atoms with Gasteiger partial charge in [0.2, 0.25) is 0 Å². The average molecular weight is 534 g/mol. The number of hydrogen-bond donors (Lipinski definition) is 0. The maximum Gasteiger partial charge on any atom is 0.519 e. The third-order valence-corrected chi connectivity index (χ3v) is 6.71. The number of rotatable bonds is 8. The number of hydrogen-bond acceptors (Lipinski definition) is 8. The number of nitrogens with zero attached hydrogens (tertiary/aromatic N) is 1. The molecule has 1 amide bonds. The first-order chi connectivity index (χ1) is 18.4. The molecular weight excluding hydrogens is 510 g/mol. The predicted molar refractivity (Wildman–Crippen MR) is 139 cm³/mol. The Balaban J connectivity index is 1.60. The first kappa shape index (κ1) is 26.2. The summed E-state index contributed by atoms with van der Waals surface area (Å²) in [6, 6.07) is 27.4. The molecule has 4 aromatic carbocycles. The van der Waals surface area contributed by atoms with Crippen LogP contribution in [0.25, 0.3) is 0 Å². The van der Waals surface area contributed by atoms with E-state index in [1.54, 1.807) is 55.5 Å². The van der Waals surface area contributed by atoms with E-state index in [1.807, 2.05) is 0 Å². The molecule has 38 heavy (non-hydrogen) atoms. The van der Waals surface area contributed by atoms with Crippen molar-refractivity contribution in [3.63, 3.8) is 0 Å². The smallest absolute Gasteiger partial charge is 0.494 e. The Morgan fingerprint density at radius 3 is 1.63 bits per heavy atom. The molecule has 0 aliphatic heterocycles. The minimum absolute atomic E-state index is 0.0383. The van der Waals surface area contributed by atoms with Crippen LogP contribution in [0.1, 0.15) is 6.92 Å². The first-order valence-electron chi connectivity index (χ1n) is 11.5. The molecular formula is C28H23NO8S. The van der Waals surface area contributed by atoms with Crippen LogP contribution in [0.2, 0.25) is 0 Å². The maximum atomic E-state index is 13.6. The SMILES string of the molecule is CCOc1ccc(S(=O)(=O)N(C(=O)Oc2ccccc2)c2ccc(OC(=O)Oc3ccccc3)cc2)cc1. The van der Waals surface area contributed by atoms with Gasteiger partial charge in [-0.25, -0.2) is 18.0 Å². The van der Waals surface area contributed by atoms with Gasteiger partial charge in [-0.05, 0) is 79.7 Å². The van der Waals surface area contributed by atoms with Crippen LogP contribution < -0.4 is 23.3 Å². The number of carbonyl (C=O) groups excluding carboxylic acids is 2. The Morgan fingerprint density at radius 1 is 0.632 bits per heavy atom. The minimum atomic E-state index is -4.41. The van der Waals surface area contributed by atoms with Crippen molar-refractivity contribution in [3.8, 4) is 23.0 Å². The third kappa shape index (κ3) is 6.48. The zero-order valence-corrected chi connectivity index (χ0v) is 21.0. The fourth-order valence-electron chi connectivity index (χ4n) is 3.30. The molecule has 0 atom stereocenters. The summed E-state index contributed by atoms with van der Waals surface area (Å²) in [7, 11) is -4.41. The number of carbonyl (C=O) groups is 2. The lowest BCUT2D eigenvalue weighted by molar-refractivity contribution is 0.152. The van der Waals surface area contributed by atoms with Crippen LogP contribution in [-0.2, 0) is 10.0 Å². The number of benzene rings is 4. The number of sulfonamides is 1. The lowest BCUT2D eigenvalue weighted by Crippen LogP contribution is -2.39. The molecule has 0 spiro atoms. The minimum Gasteiger partial charge on any atom is -0.494 e. The third-order valence-electron chi connectivity index (χ3n) is 5.00. The Bertz CT molecular complexity index is 1470. The summed E-state index contributed by atoms with van der Waals surface area (Å²) in [4.78, 5) is 25.1.